The molecule has 7 nitrogen and oxygen atoms in total. The normalized spacial score (nSPS) is 12.4. The van der Waals surface area contributed by atoms with Crippen molar-refractivity contribution in [3.05, 3.63) is 54.1 Å². The van der Waals surface area contributed by atoms with E-state index in [1.165, 1.54) is 23.9 Å². The smallest absolute Gasteiger partial charge is 0.497 e. The van der Waals surface area contributed by atoms with Gasteiger partial charge in [-0.25, -0.2) is 0 Å². The molecule has 0 aliphatic rings. The number of methoxy groups -OCH3 is 1. The molecule has 0 spiro atoms. The van der Waals surface area contributed by atoms with E-state index in [2.05, 4.69) is 20.3 Å². The monoisotopic (exact) mass is 424 g/mol. The Bertz CT molecular complexity index is 975. The van der Waals surface area contributed by atoms with Crippen molar-refractivity contribution in [3.8, 4) is 17.2 Å². The summed E-state index contributed by atoms with van der Waals surface area (Å²) in [4.78, 5) is 12.6. The standard InChI is InChI=1S/C18H15F3N4O3S/c1-11(16(26)12-3-7-14(27-2)8-4-12)29-17-22-23-24-25(17)13-5-9-15(10-6-13)28-18(19,20)21/h3-11H,1-2H3. The lowest BCUT2D eigenvalue weighted by molar-refractivity contribution is -0.274. The average molecular weight is 424 g/mol. The number of thioether (sulfide) groups is 1. The molecule has 0 bridgehead atoms. The zero-order chi connectivity index (χ0) is 21.0. The lowest BCUT2D eigenvalue weighted by Crippen LogP contribution is -2.17. The quantitative estimate of drug-likeness (QED) is 0.420. The molecule has 29 heavy (non-hydrogen) atoms. The van der Waals surface area contributed by atoms with Crippen molar-refractivity contribution < 1.29 is 27.4 Å². The molecule has 11 heteroatoms. The maximum Gasteiger partial charge on any atom is 0.573 e. The van der Waals surface area contributed by atoms with Gasteiger partial charge in [-0.3, -0.25) is 4.79 Å². The summed E-state index contributed by atoms with van der Waals surface area (Å²) in [5.41, 5.74) is 0.939. The Hall–Kier alpha value is -3.08. The minimum Gasteiger partial charge on any atom is -0.497 e. The van der Waals surface area contributed by atoms with Crippen molar-refractivity contribution in [2.24, 2.45) is 0 Å². The molecule has 1 aromatic heterocycles. The summed E-state index contributed by atoms with van der Waals surface area (Å²) in [6, 6.07) is 11.8. The Morgan fingerprint density at radius 2 is 1.69 bits per heavy atom. The number of halogens is 3. The van der Waals surface area contributed by atoms with Gasteiger partial charge in [0.25, 0.3) is 0 Å². The largest absolute Gasteiger partial charge is 0.573 e. The molecule has 0 N–H and O–H groups in total. The molecule has 1 unspecified atom stereocenters. The summed E-state index contributed by atoms with van der Waals surface area (Å²) in [7, 11) is 1.54. The van der Waals surface area contributed by atoms with Crippen molar-refractivity contribution in [1.82, 2.24) is 20.2 Å². The van der Waals surface area contributed by atoms with Gasteiger partial charge >= 0.3 is 6.36 Å². The Labute approximate surface area is 167 Å². The molecule has 1 heterocycles. The van der Waals surface area contributed by atoms with E-state index in [1.54, 1.807) is 31.2 Å². The van der Waals surface area contributed by atoms with Crippen molar-refractivity contribution in [2.75, 3.05) is 7.11 Å². The Morgan fingerprint density at radius 3 is 2.28 bits per heavy atom. The van der Waals surface area contributed by atoms with E-state index in [9.17, 15) is 18.0 Å². The van der Waals surface area contributed by atoms with Crippen molar-refractivity contribution in [2.45, 2.75) is 23.7 Å². The van der Waals surface area contributed by atoms with E-state index in [0.717, 1.165) is 23.9 Å². The van der Waals surface area contributed by atoms with Crippen molar-refractivity contribution >= 4 is 17.5 Å². The highest BCUT2D eigenvalue weighted by atomic mass is 32.2. The first kappa shape index (κ1) is 20.6. The van der Waals surface area contributed by atoms with Crippen LogP contribution < -0.4 is 9.47 Å². The van der Waals surface area contributed by atoms with Crippen LogP contribution in [0.3, 0.4) is 0 Å². The second-order valence-electron chi connectivity index (χ2n) is 5.77. The number of ether oxygens (including phenoxy) is 2. The van der Waals surface area contributed by atoms with Crippen LogP contribution >= 0.6 is 11.8 Å². The molecule has 2 aromatic carbocycles. The molecular formula is C18H15F3N4O3S. The summed E-state index contributed by atoms with van der Waals surface area (Å²) in [6.07, 6.45) is -4.77. The van der Waals surface area contributed by atoms with E-state index in [0.29, 0.717) is 22.2 Å². The maximum absolute atomic E-state index is 12.6. The van der Waals surface area contributed by atoms with Gasteiger partial charge < -0.3 is 9.47 Å². The minimum absolute atomic E-state index is 0.124. The van der Waals surface area contributed by atoms with Crippen LogP contribution in [0.5, 0.6) is 11.5 Å². The first-order valence-electron chi connectivity index (χ1n) is 8.26. The average Bonchev–Trinajstić information content (AvgIpc) is 3.15. The summed E-state index contributed by atoms with van der Waals surface area (Å²) in [5.74, 6) is 0.163. The van der Waals surface area contributed by atoms with Gasteiger partial charge in [0.1, 0.15) is 11.5 Å². The Kier molecular flexibility index (Phi) is 6.06. The van der Waals surface area contributed by atoms with Crippen LogP contribution in [-0.4, -0.2) is 44.7 Å². The third-order valence-electron chi connectivity index (χ3n) is 3.78. The van der Waals surface area contributed by atoms with Crippen molar-refractivity contribution in [1.29, 1.82) is 0 Å². The molecule has 0 aliphatic heterocycles. The number of tetrazole rings is 1. The van der Waals surface area contributed by atoms with E-state index < -0.39 is 11.6 Å². The van der Waals surface area contributed by atoms with Crippen LogP contribution in [0.4, 0.5) is 13.2 Å². The van der Waals surface area contributed by atoms with Crippen LogP contribution in [0.1, 0.15) is 17.3 Å². The SMILES string of the molecule is COc1ccc(C(=O)C(C)Sc2nnnn2-c2ccc(OC(F)(F)F)cc2)cc1. The highest BCUT2D eigenvalue weighted by Crippen LogP contribution is 2.28. The summed E-state index contributed by atoms with van der Waals surface area (Å²) in [5, 5.41) is 11.2. The molecule has 0 amide bonds. The van der Waals surface area contributed by atoms with Crippen LogP contribution in [0, 0.1) is 0 Å². The fourth-order valence-electron chi connectivity index (χ4n) is 2.41. The molecule has 3 aromatic rings. The molecule has 152 valence electrons. The van der Waals surface area contributed by atoms with Crippen molar-refractivity contribution in [3.63, 3.8) is 0 Å². The summed E-state index contributed by atoms with van der Waals surface area (Å²) in [6.45, 7) is 1.72. The zero-order valence-electron chi connectivity index (χ0n) is 15.3. The number of rotatable bonds is 7. The number of hydrogen-bond donors (Lipinski definition) is 0. The highest BCUT2D eigenvalue weighted by Gasteiger charge is 2.31. The maximum atomic E-state index is 12.6. The number of carbonyl (C=O) groups excluding carboxylic acids is 1. The van der Waals surface area contributed by atoms with Gasteiger partial charge in [0.15, 0.2) is 5.78 Å². The predicted octanol–water partition coefficient (Wildman–Crippen LogP) is 3.93. The van der Waals surface area contributed by atoms with Gasteiger partial charge in [0, 0.05) is 5.56 Å². The topological polar surface area (TPSA) is 79.1 Å². The third-order valence-corrected chi connectivity index (χ3v) is 4.81. The van der Waals surface area contributed by atoms with Crippen LogP contribution in [0.15, 0.2) is 53.7 Å². The lowest BCUT2D eigenvalue weighted by atomic mass is 10.1. The first-order valence-corrected chi connectivity index (χ1v) is 9.14. The predicted molar refractivity (Wildman–Crippen MR) is 98.5 cm³/mol. The van der Waals surface area contributed by atoms with Crippen LogP contribution in [0.25, 0.3) is 5.69 Å². The molecule has 0 radical (unpaired) electrons. The van der Waals surface area contributed by atoms with Gasteiger partial charge in [-0.15, -0.1) is 18.3 Å². The zero-order valence-corrected chi connectivity index (χ0v) is 16.1. The third kappa shape index (κ3) is 5.25. The number of nitrogens with zero attached hydrogens (tertiary/aromatic N) is 4. The van der Waals surface area contributed by atoms with Gasteiger partial charge in [0.2, 0.25) is 5.16 Å². The lowest BCUT2D eigenvalue weighted by Gasteiger charge is -2.11. The number of benzene rings is 2. The van der Waals surface area contributed by atoms with Gasteiger partial charge in [-0.05, 0) is 65.9 Å². The second-order valence-corrected chi connectivity index (χ2v) is 7.08. The first-order chi connectivity index (χ1) is 13.8. The number of alkyl halides is 3. The van der Waals surface area contributed by atoms with Gasteiger partial charge in [0.05, 0.1) is 18.0 Å². The van der Waals surface area contributed by atoms with Gasteiger partial charge in [-0.1, -0.05) is 11.8 Å². The molecule has 0 aliphatic carbocycles. The molecule has 0 fully saturated rings. The van der Waals surface area contributed by atoms with Crippen LogP contribution in [0.2, 0.25) is 0 Å². The molecule has 0 saturated carbocycles. The molecule has 1 atom stereocenters. The Morgan fingerprint density at radius 1 is 1.07 bits per heavy atom. The van der Waals surface area contributed by atoms with E-state index in [-0.39, 0.29) is 11.5 Å². The van der Waals surface area contributed by atoms with E-state index in [1.807, 2.05) is 0 Å². The fourth-order valence-corrected chi connectivity index (χ4v) is 3.29. The summed E-state index contributed by atoms with van der Waals surface area (Å²) >= 11 is 1.13. The van der Waals surface area contributed by atoms with Crippen LogP contribution in [-0.2, 0) is 0 Å². The minimum atomic E-state index is -4.77. The van der Waals surface area contributed by atoms with E-state index >= 15 is 0 Å². The molecule has 0 saturated heterocycles. The fraction of sp³-hybridized carbons (Fsp3) is 0.222. The molecular weight excluding hydrogens is 409 g/mol. The number of carbonyl (C=O) groups is 1. The van der Waals surface area contributed by atoms with Gasteiger partial charge in [-0.2, -0.15) is 4.68 Å². The number of hydrogen-bond acceptors (Lipinski definition) is 7. The second kappa shape index (κ2) is 8.52. The number of aromatic nitrogens is 4. The van der Waals surface area contributed by atoms with E-state index in [4.69, 9.17) is 4.74 Å². The highest BCUT2D eigenvalue weighted by molar-refractivity contribution is 8.00. The number of Topliss-reactive ketones (excluding diaryl/α,β-unsaturated/α-hetero) is 1. The molecule has 3 rings (SSSR count). The summed E-state index contributed by atoms with van der Waals surface area (Å²) < 4.78 is 47.1. The Balaban J connectivity index is 1.73. The number of ketones is 1.